The number of benzene rings is 1. The van der Waals surface area contributed by atoms with Crippen molar-refractivity contribution in [1.82, 2.24) is 5.32 Å². The van der Waals surface area contributed by atoms with Crippen molar-refractivity contribution < 1.29 is 23.4 Å². The minimum atomic E-state index is -0.965. The number of aliphatic hydroxyl groups excluding tert-OH is 1. The molecule has 1 amide bonds. The number of hydrogen-bond donors (Lipinski definition) is 2. The number of amides is 1. The SMILES string of the molecule is CCOc1c(F)cccc1C(=O)NCC(O)c1ccco1. The van der Waals surface area contributed by atoms with E-state index in [0.717, 1.165) is 0 Å². The van der Waals surface area contributed by atoms with Crippen molar-refractivity contribution in [1.29, 1.82) is 0 Å². The molecule has 0 saturated heterocycles. The van der Waals surface area contributed by atoms with Crippen LogP contribution in [0.4, 0.5) is 4.39 Å². The zero-order valence-electron chi connectivity index (χ0n) is 11.5. The second-order valence-electron chi connectivity index (χ2n) is 4.29. The molecule has 2 aromatic rings. The normalized spacial score (nSPS) is 12.0. The highest BCUT2D eigenvalue weighted by Crippen LogP contribution is 2.22. The van der Waals surface area contributed by atoms with Crippen LogP contribution in [0.15, 0.2) is 41.0 Å². The summed E-state index contributed by atoms with van der Waals surface area (Å²) in [7, 11) is 0. The topological polar surface area (TPSA) is 71.7 Å². The Morgan fingerprint density at radius 3 is 2.90 bits per heavy atom. The van der Waals surface area contributed by atoms with Crippen molar-refractivity contribution in [2.24, 2.45) is 0 Å². The molecule has 0 fully saturated rings. The fourth-order valence-electron chi connectivity index (χ4n) is 1.84. The summed E-state index contributed by atoms with van der Waals surface area (Å²) in [4.78, 5) is 12.1. The van der Waals surface area contributed by atoms with Crippen molar-refractivity contribution in [3.8, 4) is 5.75 Å². The van der Waals surface area contributed by atoms with Crippen LogP contribution in [0.25, 0.3) is 0 Å². The number of para-hydroxylation sites is 1. The maximum absolute atomic E-state index is 13.7. The fourth-order valence-corrected chi connectivity index (χ4v) is 1.84. The molecular weight excluding hydrogens is 277 g/mol. The van der Waals surface area contributed by atoms with Crippen LogP contribution in [0.3, 0.4) is 0 Å². The standard InChI is InChI=1S/C15H16FNO4/c1-2-20-14-10(5-3-6-11(14)16)15(19)17-9-12(18)13-7-4-8-21-13/h3-8,12,18H,2,9H2,1H3,(H,17,19). The summed E-state index contributed by atoms with van der Waals surface area (Å²) < 4.78 is 23.8. The molecule has 1 aromatic heterocycles. The summed E-state index contributed by atoms with van der Waals surface area (Å²) in [6.45, 7) is 1.90. The van der Waals surface area contributed by atoms with Crippen LogP contribution in [0.5, 0.6) is 5.75 Å². The number of hydrogen-bond acceptors (Lipinski definition) is 4. The number of halogens is 1. The van der Waals surface area contributed by atoms with E-state index in [1.165, 1.54) is 24.5 Å². The molecule has 1 aromatic carbocycles. The van der Waals surface area contributed by atoms with Gasteiger partial charge in [-0.15, -0.1) is 0 Å². The van der Waals surface area contributed by atoms with E-state index in [-0.39, 0.29) is 24.5 Å². The highest BCUT2D eigenvalue weighted by molar-refractivity contribution is 5.97. The Morgan fingerprint density at radius 1 is 1.43 bits per heavy atom. The Labute approximate surface area is 121 Å². The molecule has 112 valence electrons. The third-order valence-corrected chi connectivity index (χ3v) is 2.83. The lowest BCUT2D eigenvalue weighted by molar-refractivity contribution is 0.0896. The highest BCUT2D eigenvalue weighted by atomic mass is 19.1. The Morgan fingerprint density at radius 2 is 2.24 bits per heavy atom. The van der Waals surface area contributed by atoms with E-state index < -0.39 is 17.8 Å². The predicted molar refractivity (Wildman–Crippen MR) is 73.6 cm³/mol. The van der Waals surface area contributed by atoms with Gasteiger partial charge in [0.05, 0.1) is 25.0 Å². The summed E-state index contributed by atoms with van der Waals surface area (Å²) in [5, 5.41) is 12.3. The molecule has 0 aliphatic carbocycles. The van der Waals surface area contributed by atoms with Gasteiger partial charge in [0.2, 0.25) is 0 Å². The van der Waals surface area contributed by atoms with Crippen LogP contribution in [0.1, 0.15) is 29.1 Å². The van der Waals surface area contributed by atoms with E-state index >= 15 is 0 Å². The molecule has 0 bridgehead atoms. The largest absolute Gasteiger partial charge is 0.490 e. The average molecular weight is 293 g/mol. The molecule has 0 radical (unpaired) electrons. The number of rotatable bonds is 6. The number of aliphatic hydroxyl groups is 1. The van der Waals surface area contributed by atoms with Gasteiger partial charge in [-0.1, -0.05) is 6.07 Å². The van der Waals surface area contributed by atoms with Gasteiger partial charge in [0.1, 0.15) is 11.9 Å². The molecule has 0 saturated carbocycles. The van der Waals surface area contributed by atoms with E-state index in [2.05, 4.69) is 5.32 Å². The second-order valence-corrected chi connectivity index (χ2v) is 4.29. The third-order valence-electron chi connectivity index (χ3n) is 2.83. The van der Waals surface area contributed by atoms with Crippen LogP contribution in [-0.4, -0.2) is 24.2 Å². The maximum Gasteiger partial charge on any atom is 0.255 e. The molecule has 2 rings (SSSR count). The Kier molecular flexibility index (Phi) is 4.94. The first-order valence-electron chi connectivity index (χ1n) is 6.54. The van der Waals surface area contributed by atoms with E-state index in [0.29, 0.717) is 5.76 Å². The molecule has 2 N–H and O–H groups in total. The number of furan rings is 1. The van der Waals surface area contributed by atoms with Gasteiger partial charge in [-0.05, 0) is 31.2 Å². The van der Waals surface area contributed by atoms with Gasteiger partial charge in [-0.3, -0.25) is 4.79 Å². The zero-order chi connectivity index (χ0) is 15.2. The Balaban J connectivity index is 2.05. The second kappa shape index (κ2) is 6.90. The van der Waals surface area contributed by atoms with Gasteiger partial charge >= 0.3 is 0 Å². The maximum atomic E-state index is 13.7. The minimum Gasteiger partial charge on any atom is -0.490 e. The van der Waals surface area contributed by atoms with Crippen molar-refractivity contribution in [3.05, 3.63) is 53.7 Å². The van der Waals surface area contributed by atoms with Gasteiger partial charge in [0, 0.05) is 0 Å². The molecular formula is C15H16FNO4. The van der Waals surface area contributed by atoms with E-state index in [1.54, 1.807) is 19.1 Å². The zero-order valence-corrected chi connectivity index (χ0v) is 11.5. The summed E-state index contributed by atoms with van der Waals surface area (Å²) in [5.74, 6) is -0.871. The highest BCUT2D eigenvalue weighted by Gasteiger charge is 2.18. The van der Waals surface area contributed by atoms with Crippen molar-refractivity contribution in [2.75, 3.05) is 13.2 Å². The molecule has 0 aliphatic rings. The summed E-state index contributed by atoms with van der Waals surface area (Å²) in [6.07, 6.45) is 0.466. The van der Waals surface area contributed by atoms with E-state index in [1.807, 2.05) is 0 Å². The molecule has 6 heteroatoms. The van der Waals surface area contributed by atoms with Gasteiger partial charge in [0.25, 0.3) is 5.91 Å². The summed E-state index contributed by atoms with van der Waals surface area (Å²) in [6, 6.07) is 7.35. The number of nitrogens with one attached hydrogen (secondary N) is 1. The lowest BCUT2D eigenvalue weighted by Crippen LogP contribution is -2.28. The molecule has 1 unspecified atom stereocenters. The van der Waals surface area contributed by atoms with E-state index in [4.69, 9.17) is 9.15 Å². The van der Waals surface area contributed by atoms with Gasteiger partial charge in [-0.2, -0.15) is 0 Å². The Bertz CT molecular complexity index is 598. The van der Waals surface area contributed by atoms with E-state index in [9.17, 15) is 14.3 Å². The minimum absolute atomic E-state index is 0.0472. The predicted octanol–water partition coefficient (Wildman–Crippen LogP) is 2.28. The summed E-state index contributed by atoms with van der Waals surface area (Å²) >= 11 is 0. The van der Waals surface area contributed by atoms with Crippen LogP contribution < -0.4 is 10.1 Å². The van der Waals surface area contributed by atoms with Crippen molar-refractivity contribution in [3.63, 3.8) is 0 Å². The molecule has 0 spiro atoms. The third kappa shape index (κ3) is 3.61. The Hall–Kier alpha value is -2.34. The average Bonchev–Trinajstić information content (AvgIpc) is 3.01. The van der Waals surface area contributed by atoms with Crippen LogP contribution in [-0.2, 0) is 0 Å². The number of carbonyl (C=O) groups excluding carboxylic acids is 1. The van der Waals surface area contributed by atoms with Crippen LogP contribution in [0.2, 0.25) is 0 Å². The molecule has 1 atom stereocenters. The monoisotopic (exact) mass is 293 g/mol. The molecule has 1 heterocycles. The molecule has 21 heavy (non-hydrogen) atoms. The summed E-state index contributed by atoms with van der Waals surface area (Å²) in [5.41, 5.74) is 0.0866. The van der Waals surface area contributed by atoms with Crippen LogP contribution in [0, 0.1) is 5.82 Å². The number of carbonyl (C=O) groups is 1. The lowest BCUT2D eigenvalue weighted by atomic mass is 10.1. The lowest BCUT2D eigenvalue weighted by Gasteiger charge is -2.13. The van der Waals surface area contributed by atoms with Gasteiger partial charge < -0.3 is 19.6 Å². The quantitative estimate of drug-likeness (QED) is 0.857. The number of ether oxygens (including phenoxy) is 1. The van der Waals surface area contributed by atoms with Gasteiger partial charge in [0.15, 0.2) is 11.6 Å². The first kappa shape index (κ1) is 15.1. The van der Waals surface area contributed by atoms with Crippen molar-refractivity contribution in [2.45, 2.75) is 13.0 Å². The van der Waals surface area contributed by atoms with Gasteiger partial charge in [-0.25, -0.2) is 4.39 Å². The molecule has 0 aliphatic heterocycles. The first-order valence-corrected chi connectivity index (χ1v) is 6.54. The molecule has 5 nitrogen and oxygen atoms in total. The first-order chi connectivity index (χ1) is 10.1. The smallest absolute Gasteiger partial charge is 0.255 e. The van der Waals surface area contributed by atoms with Crippen molar-refractivity contribution >= 4 is 5.91 Å². The fraction of sp³-hybridized carbons (Fsp3) is 0.267. The van der Waals surface area contributed by atoms with Crippen LogP contribution >= 0.6 is 0 Å².